The highest BCUT2D eigenvalue weighted by molar-refractivity contribution is 5.95. The first-order valence-corrected chi connectivity index (χ1v) is 8.67. The average Bonchev–Trinajstić information content (AvgIpc) is 3.12. The van der Waals surface area contributed by atoms with Gasteiger partial charge in [-0.2, -0.15) is 5.10 Å². The Bertz CT molecular complexity index is 920. The van der Waals surface area contributed by atoms with Gasteiger partial charge in [0.15, 0.2) is 5.82 Å². The molecular formula is C19H23N7O. The van der Waals surface area contributed by atoms with Gasteiger partial charge in [0.1, 0.15) is 12.1 Å². The smallest absolute Gasteiger partial charge is 0.251 e. The Morgan fingerprint density at radius 3 is 2.74 bits per heavy atom. The van der Waals surface area contributed by atoms with Gasteiger partial charge < -0.3 is 15.5 Å². The summed E-state index contributed by atoms with van der Waals surface area (Å²) in [5.41, 5.74) is 2.55. The van der Waals surface area contributed by atoms with Gasteiger partial charge in [-0.05, 0) is 31.2 Å². The topological polar surface area (TPSA) is 88.0 Å². The first-order chi connectivity index (χ1) is 13.0. The normalized spacial score (nSPS) is 10.5. The SMILES string of the molecule is Cc1ccn(-c2cc(NCCNC(=O)c3cccc(N(C)C)c3)ncn2)n1. The molecule has 2 N–H and O–H groups in total. The molecule has 0 aliphatic rings. The van der Waals surface area contributed by atoms with Crippen LogP contribution in [0.5, 0.6) is 0 Å². The Kier molecular flexibility index (Phi) is 5.65. The van der Waals surface area contributed by atoms with Crippen LogP contribution in [-0.2, 0) is 0 Å². The summed E-state index contributed by atoms with van der Waals surface area (Å²) in [5.74, 6) is 1.26. The van der Waals surface area contributed by atoms with E-state index in [2.05, 4.69) is 25.7 Å². The fraction of sp³-hybridized carbons (Fsp3) is 0.263. The molecule has 2 aromatic heterocycles. The van der Waals surface area contributed by atoms with Crippen LogP contribution < -0.4 is 15.5 Å². The number of hydrogen-bond donors (Lipinski definition) is 2. The van der Waals surface area contributed by atoms with Gasteiger partial charge in [0.05, 0.1) is 5.69 Å². The van der Waals surface area contributed by atoms with E-state index in [-0.39, 0.29) is 5.91 Å². The van der Waals surface area contributed by atoms with Gasteiger partial charge in [-0.1, -0.05) is 6.07 Å². The fourth-order valence-corrected chi connectivity index (χ4v) is 2.51. The summed E-state index contributed by atoms with van der Waals surface area (Å²) >= 11 is 0. The second kappa shape index (κ2) is 8.31. The molecule has 0 saturated carbocycles. The minimum atomic E-state index is -0.101. The molecular weight excluding hydrogens is 342 g/mol. The van der Waals surface area contributed by atoms with E-state index in [1.165, 1.54) is 6.33 Å². The molecule has 27 heavy (non-hydrogen) atoms. The number of aryl methyl sites for hydroxylation is 1. The number of carbonyl (C=O) groups is 1. The number of carbonyl (C=O) groups excluding carboxylic acids is 1. The van der Waals surface area contributed by atoms with Crippen molar-refractivity contribution < 1.29 is 4.79 Å². The largest absolute Gasteiger partial charge is 0.378 e. The fourth-order valence-electron chi connectivity index (χ4n) is 2.51. The third-order valence-electron chi connectivity index (χ3n) is 3.95. The maximum Gasteiger partial charge on any atom is 0.251 e. The zero-order valence-electron chi connectivity index (χ0n) is 15.7. The predicted octanol–water partition coefficient (Wildman–Crippen LogP) is 1.88. The molecule has 0 aliphatic heterocycles. The summed E-state index contributed by atoms with van der Waals surface area (Å²) in [6.07, 6.45) is 3.34. The number of hydrogen-bond acceptors (Lipinski definition) is 6. The number of benzene rings is 1. The van der Waals surface area contributed by atoms with E-state index in [1.54, 1.807) is 10.7 Å². The number of nitrogens with zero attached hydrogens (tertiary/aromatic N) is 5. The van der Waals surface area contributed by atoms with Crippen LogP contribution in [0.25, 0.3) is 5.82 Å². The Labute approximate surface area is 158 Å². The third-order valence-corrected chi connectivity index (χ3v) is 3.95. The molecule has 1 aromatic carbocycles. The Morgan fingerprint density at radius 2 is 2.00 bits per heavy atom. The van der Waals surface area contributed by atoms with Gasteiger partial charge in [-0.15, -0.1) is 0 Å². The third kappa shape index (κ3) is 4.81. The van der Waals surface area contributed by atoms with Crippen LogP contribution in [0.3, 0.4) is 0 Å². The molecule has 1 amide bonds. The van der Waals surface area contributed by atoms with Crippen molar-refractivity contribution in [2.24, 2.45) is 0 Å². The van der Waals surface area contributed by atoms with Gasteiger partial charge >= 0.3 is 0 Å². The minimum Gasteiger partial charge on any atom is -0.378 e. The van der Waals surface area contributed by atoms with E-state index in [1.807, 2.05) is 62.4 Å². The van der Waals surface area contributed by atoms with Crippen LogP contribution in [-0.4, -0.2) is 52.8 Å². The lowest BCUT2D eigenvalue weighted by Crippen LogP contribution is -2.29. The van der Waals surface area contributed by atoms with Crippen LogP contribution in [0.2, 0.25) is 0 Å². The van der Waals surface area contributed by atoms with Crippen molar-refractivity contribution in [3.8, 4) is 5.82 Å². The van der Waals surface area contributed by atoms with Crippen molar-refractivity contribution in [1.29, 1.82) is 0 Å². The molecule has 3 rings (SSSR count). The summed E-state index contributed by atoms with van der Waals surface area (Å²) < 4.78 is 1.70. The number of rotatable bonds is 7. The van der Waals surface area contributed by atoms with E-state index in [9.17, 15) is 4.79 Å². The van der Waals surface area contributed by atoms with Crippen molar-refractivity contribution in [2.75, 3.05) is 37.4 Å². The molecule has 0 unspecified atom stereocenters. The van der Waals surface area contributed by atoms with Crippen molar-refractivity contribution in [2.45, 2.75) is 6.92 Å². The van der Waals surface area contributed by atoms with Gasteiger partial charge in [-0.3, -0.25) is 4.79 Å². The maximum atomic E-state index is 12.3. The zero-order chi connectivity index (χ0) is 19.2. The number of amides is 1. The second-order valence-electron chi connectivity index (χ2n) is 6.29. The maximum absolute atomic E-state index is 12.3. The van der Waals surface area contributed by atoms with Crippen molar-refractivity contribution in [3.63, 3.8) is 0 Å². The molecule has 2 heterocycles. The Morgan fingerprint density at radius 1 is 1.15 bits per heavy atom. The van der Waals surface area contributed by atoms with Crippen LogP contribution in [0, 0.1) is 6.92 Å². The molecule has 8 heteroatoms. The van der Waals surface area contributed by atoms with Crippen molar-refractivity contribution in [1.82, 2.24) is 25.1 Å². The van der Waals surface area contributed by atoms with Crippen LogP contribution in [0.1, 0.15) is 16.1 Å². The first kappa shape index (κ1) is 18.4. The minimum absolute atomic E-state index is 0.101. The molecule has 0 atom stereocenters. The van der Waals surface area contributed by atoms with Crippen LogP contribution >= 0.6 is 0 Å². The number of anilines is 2. The summed E-state index contributed by atoms with van der Waals surface area (Å²) in [5, 5.41) is 10.4. The number of nitrogens with one attached hydrogen (secondary N) is 2. The van der Waals surface area contributed by atoms with Crippen LogP contribution in [0.4, 0.5) is 11.5 Å². The standard InChI is InChI=1S/C19H23N7O/c1-14-7-10-26(24-14)18-12-17(22-13-23-18)20-8-9-21-19(27)15-5-4-6-16(11-15)25(2)3/h4-7,10-13H,8-9H2,1-3H3,(H,21,27)(H,20,22,23). The van der Waals surface area contributed by atoms with E-state index in [0.29, 0.717) is 30.3 Å². The second-order valence-corrected chi connectivity index (χ2v) is 6.29. The Hall–Kier alpha value is -3.42. The highest BCUT2D eigenvalue weighted by Gasteiger charge is 2.07. The Balaban J connectivity index is 1.52. The van der Waals surface area contributed by atoms with E-state index in [4.69, 9.17) is 0 Å². The van der Waals surface area contributed by atoms with E-state index >= 15 is 0 Å². The molecule has 0 saturated heterocycles. The van der Waals surface area contributed by atoms with E-state index in [0.717, 1.165) is 11.4 Å². The summed E-state index contributed by atoms with van der Waals surface area (Å²) in [4.78, 5) is 22.7. The van der Waals surface area contributed by atoms with Gasteiger partial charge in [0, 0.05) is 50.7 Å². The average molecular weight is 365 g/mol. The first-order valence-electron chi connectivity index (χ1n) is 8.67. The van der Waals surface area contributed by atoms with Crippen LogP contribution in [0.15, 0.2) is 48.9 Å². The highest BCUT2D eigenvalue weighted by atomic mass is 16.1. The van der Waals surface area contributed by atoms with Crippen molar-refractivity contribution >= 4 is 17.4 Å². The molecule has 140 valence electrons. The predicted molar refractivity (Wildman–Crippen MR) is 105 cm³/mol. The molecule has 0 radical (unpaired) electrons. The lowest BCUT2D eigenvalue weighted by Gasteiger charge is -2.13. The molecule has 0 spiro atoms. The molecule has 0 fully saturated rings. The summed E-state index contributed by atoms with van der Waals surface area (Å²) in [6.45, 7) is 2.95. The molecule has 8 nitrogen and oxygen atoms in total. The summed E-state index contributed by atoms with van der Waals surface area (Å²) in [7, 11) is 3.89. The lowest BCUT2D eigenvalue weighted by molar-refractivity contribution is 0.0955. The zero-order valence-corrected chi connectivity index (χ0v) is 15.7. The molecule has 0 bridgehead atoms. The van der Waals surface area contributed by atoms with Gasteiger partial charge in [0.2, 0.25) is 0 Å². The number of aromatic nitrogens is 4. The van der Waals surface area contributed by atoms with E-state index < -0.39 is 0 Å². The van der Waals surface area contributed by atoms with Crippen molar-refractivity contribution in [3.05, 3.63) is 60.2 Å². The highest BCUT2D eigenvalue weighted by Crippen LogP contribution is 2.13. The molecule has 3 aromatic rings. The monoisotopic (exact) mass is 365 g/mol. The quantitative estimate of drug-likeness (QED) is 0.622. The van der Waals surface area contributed by atoms with Gasteiger partial charge in [0.25, 0.3) is 5.91 Å². The lowest BCUT2D eigenvalue weighted by atomic mass is 10.2. The van der Waals surface area contributed by atoms with Gasteiger partial charge in [-0.25, -0.2) is 14.6 Å². The molecule has 0 aliphatic carbocycles. The summed E-state index contributed by atoms with van der Waals surface area (Å²) in [6, 6.07) is 11.2.